The van der Waals surface area contributed by atoms with Gasteiger partial charge >= 0.3 is 0 Å². The molecule has 134 valence electrons. The number of carbonyl (C=O) groups is 1. The molecule has 2 rings (SSSR count). The first-order valence-corrected chi connectivity index (χ1v) is 9.10. The Hall–Kier alpha value is -1.68. The third-order valence-corrected chi connectivity index (χ3v) is 4.91. The van der Waals surface area contributed by atoms with Gasteiger partial charge < -0.3 is 19.5 Å². The average Bonchev–Trinajstić information content (AvgIpc) is 2.53. The van der Waals surface area contributed by atoms with Gasteiger partial charge in [0, 0.05) is 13.5 Å². The van der Waals surface area contributed by atoms with E-state index in [2.05, 4.69) is 4.72 Å². The van der Waals surface area contributed by atoms with Crippen LogP contribution in [0.25, 0.3) is 0 Å². The van der Waals surface area contributed by atoms with Crippen molar-refractivity contribution in [2.75, 3.05) is 37.8 Å². The number of rotatable bonds is 7. The van der Waals surface area contributed by atoms with Crippen LogP contribution in [0.15, 0.2) is 23.1 Å². The quantitative estimate of drug-likeness (QED) is 0.670. The number of sulfonamides is 1. The standard InChI is InChI=1S/C15H22N2O6S/c1-11-10-17(12(2)19)14-9-13(3-4-15(14)23-11)24(20,21)16-5-7-22-8-6-18/h3-4,9,11,16,18H,5-8,10H2,1-2H3. The first-order chi connectivity index (χ1) is 11.3. The van der Waals surface area contributed by atoms with Crippen molar-refractivity contribution in [1.29, 1.82) is 0 Å². The third-order valence-electron chi connectivity index (χ3n) is 3.45. The minimum absolute atomic E-state index is 0.0489. The van der Waals surface area contributed by atoms with Crippen molar-refractivity contribution in [2.24, 2.45) is 0 Å². The molecule has 1 heterocycles. The van der Waals surface area contributed by atoms with E-state index in [1.807, 2.05) is 6.92 Å². The predicted octanol–water partition coefficient (Wildman–Crippen LogP) is 0.108. The molecule has 0 spiro atoms. The molecule has 8 nitrogen and oxygen atoms in total. The highest BCUT2D eigenvalue weighted by Crippen LogP contribution is 2.35. The van der Waals surface area contributed by atoms with Gasteiger partial charge in [-0.25, -0.2) is 13.1 Å². The Kier molecular flexibility index (Phi) is 6.16. The number of carbonyl (C=O) groups excluding carboxylic acids is 1. The average molecular weight is 358 g/mol. The molecule has 1 unspecified atom stereocenters. The summed E-state index contributed by atoms with van der Waals surface area (Å²) in [6, 6.07) is 4.42. The van der Waals surface area contributed by atoms with E-state index >= 15 is 0 Å². The number of ether oxygens (including phenoxy) is 2. The highest BCUT2D eigenvalue weighted by Gasteiger charge is 2.27. The van der Waals surface area contributed by atoms with Crippen LogP contribution >= 0.6 is 0 Å². The number of fused-ring (bicyclic) bond motifs is 1. The molecule has 24 heavy (non-hydrogen) atoms. The number of aliphatic hydroxyl groups excluding tert-OH is 1. The molecule has 1 amide bonds. The van der Waals surface area contributed by atoms with Crippen molar-refractivity contribution in [3.05, 3.63) is 18.2 Å². The molecule has 1 aliphatic heterocycles. The zero-order valence-electron chi connectivity index (χ0n) is 13.7. The minimum Gasteiger partial charge on any atom is -0.487 e. The van der Waals surface area contributed by atoms with E-state index in [0.29, 0.717) is 18.0 Å². The number of amides is 1. The lowest BCUT2D eigenvalue weighted by molar-refractivity contribution is -0.117. The number of hydrogen-bond acceptors (Lipinski definition) is 6. The van der Waals surface area contributed by atoms with Crippen LogP contribution in [0, 0.1) is 0 Å². The van der Waals surface area contributed by atoms with E-state index in [1.54, 1.807) is 6.07 Å². The van der Waals surface area contributed by atoms with Crippen LogP contribution in [-0.2, 0) is 19.6 Å². The maximum absolute atomic E-state index is 12.3. The first kappa shape index (κ1) is 18.7. The van der Waals surface area contributed by atoms with Crippen molar-refractivity contribution in [3.63, 3.8) is 0 Å². The Morgan fingerprint density at radius 1 is 1.46 bits per heavy atom. The molecular weight excluding hydrogens is 336 g/mol. The summed E-state index contributed by atoms with van der Waals surface area (Å²) in [5, 5.41) is 8.60. The second kappa shape index (κ2) is 7.93. The van der Waals surface area contributed by atoms with Crippen molar-refractivity contribution >= 4 is 21.6 Å². The van der Waals surface area contributed by atoms with Crippen LogP contribution < -0.4 is 14.4 Å². The van der Waals surface area contributed by atoms with E-state index in [9.17, 15) is 13.2 Å². The molecule has 0 saturated carbocycles. The van der Waals surface area contributed by atoms with Crippen molar-refractivity contribution in [2.45, 2.75) is 24.8 Å². The predicted molar refractivity (Wildman–Crippen MR) is 87.7 cm³/mol. The summed E-state index contributed by atoms with van der Waals surface area (Å²) >= 11 is 0. The fraction of sp³-hybridized carbons (Fsp3) is 0.533. The zero-order valence-corrected chi connectivity index (χ0v) is 14.5. The van der Waals surface area contributed by atoms with Gasteiger partial charge in [-0.05, 0) is 25.1 Å². The Morgan fingerprint density at radius 2 is 2.21 bits per heavy atom. The molecule has 0 aromatic heterocycles. The molecule has 1 aromatic rings. The first-order valence-electron chi connectivity index (χ1n) is 7.62. The lowest BCUT2D eigenvalue weighted by Crippen LogP contribution is -2.41. The van der Waals surface area contributed by atoms with Crippen molar-refractivity contribution in [3.8, 4) is 5.75 Å². The molecular formula is C15H22N2O6S. The summed E-state index contributed by atoms with van der Waals surface area (Å²) in [7, 11) is -3.73. The van der Waals surface area contributed by atoms with Crippen LogP contribution in [-0.4, -0.2) is 58.4 Å². The topological polar surface area (TPSA) is 105 Å². The lowest BCUT2D eigenvalue weighted by Gasteiger charge is -2.33. The summed E-state index contributed by atoms with van der Waals surface area (Å²) in [5.74, 6) is 0.306. The Labute approximate surface area is 141 Å². The van der Waals surface area contributed by atoms with Gasteiger partial charge in [-0.3, -0.25) is 4.79 Å². The van der Waals surface area contributed by atoms with Gasteiger partial charge in [0.25, 0.3) is 0 Å². The number of nitrogens with zero attached hydrogens (tertiary/aromatic N) is 1. The van der Waals surface area contributed by atoms with E-state index in [4.69, 9.17) is 14.6 Å². The van der Waals surface area contributed by atoms with E-state index in [-0.39, 0.29) is 43.3 Å². The molecule has 2 N–H and O–H groups in total. The summed E-state index contributed by atoms with van der Waals surface area (Å²) in [6.45, 7) is 3.93. The normalized spacial score (nSPS) is 17.3. The fourth-order valence-electron chi connectivity index (χ4n) is 2.38. The Morgan fingerprint density at radius 3 is 2.88 bits per heavy atom. The number of aliphatic hydroxyl groups is 1. The van der Waals surface area contributed by atoms with E-state index < -0.39 is 10.0 Å². The minimum atomic E-state index is -3.73. The molecule has 1 aromatic carbocycles. The molecule has 0 saturated heterocycles. The molecule has 0 fully saturated rings. The number of nitrogens with one attached hydrogen (secondary N) is 1. The summed E-state index contributed by atoms with van der Waals surface area (Å²) in [6.07, 6.45) is -0.161. The molecule has 0 radical (unpaired) electrons. The largest absolute Gasteiger partial charge is 0.487 e. The highest BCUT2D eigenvalue weighted by atomic mass is 32.2. The van der Waals surface area contributed by atoms with Crippen LogP contribution in [0.2, 0.25) is 0 Å². The van der Waals surface area contributed by atoms with Crippen molar-refractivity contribution < 1.29 is 27.8 Å². The Bertz CT molecular complexity index is 691. The number of hydrogen-bond donors (Lipinski definition) is 2. The SMILES string of the molecule is CC(=O)N1CC(C)Oc2ccc(S(=O)(=O)NCCOCCO)cc21. The summed E-state index contributed by atoms with van der Waals surface area (Å²) in [5.41, 5.74) is 0.444. The van der Waals surface area contributed by atoms with Gasteiger partial charge in [0.2, 0.25) is 15.9 Å². The van der Waals surface area contributed by atoms with Gasteiger partial charge in [-0.2, -0.15) is 0 Å². The molecule has 1 atom stereocenters. The van der Waals surface area contributed by atoms with Gasteiger partial charge in [0.1, 0.15) is 11.9 Å². The fourth-order valence-corrected chi connectivity index (χ4v) is 3.41. The monoisotopic (exact) mass is 358 g/mol. The molecule has 9 heteroatoms. The summed E-state index contributed by atoms with van der Waals surface area (Å²) < 4.78 is 37.7. The zero-order chi connectivity index (χ0) is 17.7. The van der Waals surface area contributed by atoms with Crippen LogP contribution in [0.5, 0.6) is 5.75 Å². The van der Waals surface area contributed by atoms with Crippen LogP contribution in [0.3, 0.4) is 0 Å². The van der Waals surface area contributed by atoms with Crippen molar-refractivity contribution in [1.82, 2.24) is 4.72 Å². The maximum atomic E-state index is 12.3. The van der Waals surface area contributed by atoms with Gasteiger partial charge in [0.05, 0.1) is 36.9 Å². The van der Waals surface area contributed by atoms with Crippen LogP contribution in [0.1, 0.15) is 13.8 Å². The molecule has 0 bridgehead atoms. The lowest BCUT2D eigenvalue weighted by atomic mass is 10.2. The highest BCUT2D eigenvalue weighted by molar-refractivity contribution is 7.89. The Balaban J connectivity index is 2.17. The smallest absolute Gasteiger partial charge is 0.240 e. The van der Waals surface area contributed by atoms with Crippen LogP contribution in [0.4, 0.5) is 5.69 Å². The second-order valence-electron chi connectivity index (χ2n) is 5.42. The van der Waals surface area contributed by atoms with E-state index in [0.717, 1.165) is 0 Å². The van der Waals surface area contributed by atoms with Gasteiger partial charge in [-0.15, -0.1) is 0 Å². The van der Waals surface area contributed by atoms with E-state index in [1.165, 1.54) is 24.0 Å². The maximum Gasteiger partial charge on any atom is 0.240 e. The summed E-state index contributed by atoms with van der Waals surface area (Å²) in [4.78, 5) is 13.4. The molecule has 1 aliphatic rings. The molecule has 0 aliphatic carbocycles. The third kappa shape index (κ3) is 4.44. The van der Waals surface area contributed by atoms with Gasteiger partial charge in [0.15, 0.2) is 0 Å². The number of anilines is 1. The second-order valence-corrected chi connectivity index (χ2v) is 7.19. The van der Waals surface area contributed by atoms with Gasteiger partial charge in [-0.1, -0.05) is 0 Å². The number of benzene rings is 1.